The number of aromatic amines is 1. The molecule has 1 atom stereocenters. The van der Waals surface area contributed by atoms with Gasteiger partial charge in [-0.3, -0.25) is 9.89 Å². The summed E-state index contributed by atoms with van der Waals surface area (Å²) in [5.41, 5.74) is 8.02. The predicted molar refractivity (Wildman–Crippen MR) is 118 cm³/mol. The Balaban J connectivity index is 1.63. The van der Waals surface area contributed by atoms with Gasteiger partial charge < -0.3 is 4.90 Å². The van der Waals surface area contributed by atoms with Gasteiger partial charge in [-0.05, 0) is 25.0 Å². The molecule has 1 amide bonds. The molecule has 0 bridgehead atoms. The highest BCUT2D eigenvalue weighted by Crippen LogP contribution is 2.43. The lowest BCUT2D eigenvalue weighted by Crippen LogP contribution is -2.29. The van der Waals surface area contributed by atoms with Crippen LogP contribution in [0.15, 0.2) is 78.9 Å². The standard InChI is InChI=1S/C26H23N3O/c1-17-8-12-19(13-9-17)16-29-25(21-14-10-18(2)11-15-21)22-23(20-6-4-3-5-7-20)27-28-24(22)26(29)30/h3-15,25H,16H2,1-2H3,(H,27,28). The van der Waals surface area contributed by atoms with E-state index in [0.717, 1.165) is 27.9 Å². The largest absolute Gasteiger partial charge is 0.322 e. The highest BCUT2D eigenvalue weighted by molar-refractivity contribution is 6.00. The average molecular weight is 393 g/mol. The molecule has 3 aromatic carbocycles. The van der Waals surface area contributed by atoms with Gasteiger partial charge in [0.25, 0.3) is 5.91 Å². The molecular formula is C26H23N3O. The Bertz CT molecular complexity index is 1190. The maximum Gasteiger partial charge on any atom is 0.273 e. The van der Waals surface area contributed by atoms with Gasteiger partial charge in [-0.25, -0.2) is 0 Å². The molecule has 0 saturated heterocycles. The number of carbonyl (C=O) groups excluding carboxylic acids is 1. The number of nitrogens with one attached hydrogen (secondary N) is 1. The summed E-state index contributed by atoms with van der Waals surface area (Å²) in [6.07, 6.45) is 0. The molecule has 0 saturated carbocycles. The summed E-state index contributed by atoms with van der Waals surface area (Å²) < 4.78 is 0. The fourth-order valence-corrected chi connectivity index (χ4v) is 4.16. The van der Waals surface area contributed by atoms with Crippen molar-refractivity contribution in [1.82, 2.24) is 15.1 Å². The molecular weight excluding hydrogens is 370 g/mol. The van der Waals surface area contributed by atoms with Crippen LogP contribution >= 0.6 is 0 Å². The molecule has 1 aliphatic rings. The summed E-state index contributed by atoms with van der Waals surface area (Å²) in [4.78, 5) is 15.4. The van der Waals surface area contributed by atoms with Gasteiger partial charge in [0.05, 0.1) is 11.7 Å². The van der Waals surface area contributed by atoms with Crippen molar-refractivity contribution in [2.75, 3.05) is 0 Å². The number of benzene rings is 3. The predicted octanol–water partition coefficient (Wildman–Crippen LogP) is 5.44. The van der Waals surface area contributed by atoms with E-state index in [4.69, 9.17) is 0 Å². The molecule has 0 spiro atoms. The highest BCUT2D eigenvalue weighted by atomic mass is 16.2. The van der Waals surface area contributed by atoms with Crippen molar-refractivity contribution in [2.24, 2.45) is 0 Å². The Morgan fingerprint density at radius 3 is 2.17 bits per heavy atom. The Morgan fingerprint density at radius 2 is 1.50 bits per heavy atom. The molecule has 0 aliphatic carbocycles. The van der Waals surface area contributed by atoms with E-state index in [9.17, 15) is 4.79 Å². The molecule has 30 heavy (non-hydrogen) atoms. The van der Waals surface area contributed by atoms with Crippen LogP contribution in [0.4, 0.5) is 0 Å². The summed E-state index contributed by atoms with van der Waals surface area (Å²) >= 11 is 0. The van der Waals surface area contributed by atoms with E-state index < -0.39 is 0 Å². The highest BCUT2D eigenvalue weighted by Gasteiger charge is 2.42. The van der Waals surface area contributed by atoms with Gasteiger partial charge in [0.1, 0.15) is 5.69 Å². The first-order chi connectivity index (χ1) is 14.6. The quantitative estimate of drug-likeness (QED) is 0.502. The summed E-state index contributed by atoms with van der Waals surface area (Å²) in [7, 11) is 0. The minimum absolute atomic E-state index is 0.00849. The van der Waals surface area contributed by atoms with E-state index in [-0.39, 0.29) is 11.9 Å². The number of aryl methyl sites for hydroxylation is 2. The van der Waals surface area contributed by atoms with Crippen LogP contribution in [-0.2, 0) is 6.54 Å². The van der Waals surface area contributed by atoms with E-state index in [0.29, 0.717) is 12.2 Å². The Labute approximate surface area is 176 Å². The fourth-order valence-electron chi connectivity index (χ4n) is 4.16. The Hall–Kier alpha value is -3.66. The third-order valence-electron chi connectivity index (χ3n) is 5.78. The normalized spacial score (nSPS) is 15.5. The molecule has 148 valence electrons. The first-order valence-electron chi connectivity index (χ1n) is 10.2. The van der Waals surface area contributed by atoms with Gasteiger partial charge in [0.15, 0.2) is 0 Å². The number of carbonyl (C=O) groups is 1. The number of amides is 1. The van der Waals surface area contributed by atoms with Crippen LogP contribution in [0.25, 0.3) is 11.3 Å². The van der Waals surface area contributed by atoms with Crippen LogP contribution in [0, 0.1) is 13.8 Å². The molecule has 2 heterocycles. The number of hydrogen-bond acceptors (Lipinski definition) is 2. The van der Waals surface area contributed by atoms with Crippen LogP contribution in [0.2, 0.25) is 0 Å². The zero-order valence-corrected chi connectivity index (χ0v) is 17.1. The van der Waals surface area contributed by atoms with Gasteiger partial charge in [-0.2, -0.15) is 5.10 Å². The monoisotopic (exact) mass is 393 g/mol. The van der Waals surface area contributed by atoms with Gasteiger partial charge >= 0.3 is 0 Å². The lowest BCUT2D eigenvalue weighted by atomic mass is 9.95. The number of H-pyrrole nitrogens is 1. The van der Waals surface area contributed by atoms with Crippen molar-refractivity contribution in [3.8, 4) is 11.3 Å². The summed E-state index contributed by atoms with van der Waals surface area (Å²) in [6.45, 7) is 4.70. The minimum atomic E-state index is -0.177. The van der Waals surface area contributed by atoms with E-state index in [1.54, 1.807) is 0 Å². The van der Waals surface area contributed by atoms with Gasteiger partial charge in [0, 0.05) is 17.7 Å². The molecule has 1 N–H and O–H groups in total. The van der Waals surface area contributed by atoms with Crippen LogP contribution in [-0.4, -0.2) is 21.0 Å². The van der Waals surface area contributed by atoms with Gasteiger partial charge in [-0.1, -0.05) is 90.0 Å². The van der Waals surface area contributed by atoms with E-state index >= 15 is 0 Å². The maximum absolute atomic E-state index is 13.4. The van der Waals surface area contributed by atoms with Crippen molar-refractivity contribution in [2.45, 2.75) is 26.4 Å². The zero-order valence-electron chi connectivity index (χ0n) is 17.1. The van der Waals surface area contributed by atoms with E-state index in [2.05, 4.69) is 72.6 Å². The smallest absolute Gasteiger partial charge is 0.273 e. The number of rotatable bonds is 4. The third kappa shape index (κ3) is 3.11. The topological polar surface area (TPSA) is 49.0 Å². The van der Waals surface area contributed by atoms with Gasteiger partial charge in [0.2, 0.25) is 0 Å². The van der Waals surface area contributed by atoms with Crippen LogP contribution in [0.5, 0.6) is 0 Å². The molecule has 1 aliphatic heterocycles. The first-order valence-corrected chi connectivity index (χ1v) is 10.2. The van der Waals surface area contributed by atoms with Crippen molar-refractivity contribution in [3.05, 3.63) is 112 Å². The molecule has 4 nitrogen and oxygen atoms in total. The summed E-state index contributed by atoms with van der Waals surface area (Å²) in [5, 5.41) is 7.56. The number of fused-ring (bicyclic) bond motifs is 1. The molecule has 0 radical (unpaired) electrons. The second kappa shape index (κ2) is 7.30. The molecule has 5 rings (SSSR count). The van der Waals surface area contributed by atoms with Crippen LogP contribution < -0.4 is 0 Å². The third-order valence-corrected chi connectivity index (χ3v) is 5.78. The second-order valence-electron chi connectivity index (χ2n) is 7.96. The molecule has 4 aromatic rings. The Morgan fingerprint density at radius 1 is 0.867 bits per heavy atom. The summed E-state index contributed by atoms with van der Waals surface area (Å²) in [6, 6.07) is 26.7. The van der Waals surface area contributed by atoms with Crippen molar-refractivity contribution in [3.63, 3.8) is 0 Å². The van der Waals surface area contributed by atoms with Crippen LogP contribution in [0.1, 0.15) is 44.3 Å². The average Bonchev–Trinajstić information content (AvgIpc) is 3.31. The fraction of sp³-hybridized carbons (Fsp3) is 0.154. The summed E-state index contributed by atoms with van der Waals surface area (Å²) in [5.74, 6) is -0.00849. The molecule has 1 aromatic heterocycles. The minimum Gasteiger partial charge on any atom is -0.322 e. The number of aromatic nitrogens is 2. The SMILES string of the molecule is Cc1ccc(CN2C(=O)c3[nH]nc(-c4ccccc4)c3C2c2ccc(C)cc2)cc1. The number of nitrogens with zero attached hydrogens (tertiary/aromatic N) is 2. The van der Waals surface area contributed by atoms with Crippen LogP contribution in [0.3, 0.4) is 0 Å². The Kier molecular flexibility index (Phi) is 4.47. The number of hydrogen-bond donors (Lipinski definition) is 1. The maximum atomic E-state index is 13.4. The second-order valence-corrected chi connectivity index (χ2v) is 7.96. The molecule has 4 heteroatoms. The van der Waals surface area contributed by atoms with Gasteiger partial charge in [-0.15, -0.1) is 0 Å². The lowest BCUT2D eigenvalue weighted by molar-refractivity contribution is 0.0730. The molecule has 1 unspecified atom stereocenters. The van der Waals surface area contributed by atoms with Crippen molar-refractivity contribution >= 4 is 5.91 Å². The van der Waals surface area contributed by atoms with Crippen molar-refractivity contribution in [1.29, 1.82) is 0 Å². The van der Waals surface area contributed by atoms with E-state index in [1.807, 2.05) is 35.2 Å². The lowest BCUT2D eigenvalue weighted by Gasteiger charge is -2.26. The zero-order chi connectivity index (χ0) is 20.7. The van der Waals surface area contributed by atoms with Crippen molar-refractivity contribution < 1.29 is 4.79 Å². The molecule has 0 fully saturated rings. The van der Waals surface area contributed by atoms with E-state index in [1.165, 1.54) is 11.1 Å². The first kappa shape index (κ1) is 18.4.